The molecule has 0 unspecified atom stereocenters. The van der Waals surface area contributed by atoms with Crippen LogP contribution in [0.3, 0.4) is 0 Å². The normalized spacial score (nSPS) is 13.9. The molecule has 0 aliphatic carbocycles. The van der Waals surface area contributed by atoms with E-state index in [9.17, 15) is 4.79 Å². The summed E-state index contributed by atoms with van der Waals surface area (Å²) in [5.41, 5.74) is 3.50. The van der Waals surface area contributed by atoms with Gasteiger partial charge in [-0.2, -0.15) is 0 Å². The molecule has 5 heteroatoms. The number of nitrogens with zero attached hydrogens (tertiary/aromatic N) is 3. The second-order valence-corrected chi connectivity index (χ2v) is 6.35. The van der Waals surface area contributed by atoms with Gasteiger partial charge in [0.25, 0.3) is 0 Å². The van der Waals surface area contributed by atoms with Crippen LogP contribution in [-0.4, -0.2) is 28.2 Å². The highest BCUT2D eigenvalue weighted by Gasteiger charge is 2.29. The van der Waals surface area contributed by atoms with Crippen molar-refractivity contribution >= 4 is 11.8 Å². The van der Waals surface area contributed by atoms with E-state index >= 15 is 0 Å². The van der Waals surface area contributed by atoms with Crippen molar-refractivity contribution < 1.29 is 9.53 Å². The van der Waals surface area contributed by atoms with Crippen molar-refractivity contribution in [3.63, 3.8) is 0 Å². The molecule has 0 spiro atoms. The second kappa shape index (κ2) is 5.40. The standard InChI is InChI=1S/C17H19N3O2/c1-17(2,3)22-16(21)20-7-6-12-4-5-13(8-15(12)20)14-9-18-11-19-10-14/h4-5,8-11H,6-7H2,1-3H3. The Bertz CT molecular complexity index is 693. The van der Waals surface area contributed by atoms with Crippen LogP contribution in [-0.2, 0) is 11.2 Å². The van der Waals surface area contributed by atoms with Gasteiger partial charge in [-0.3, -0.25) is 4.90 Å². The SMILES string of the molecule is CC(C)(C)OC(=O)N1CCc2ccc(-c3cncnc3)cc21. The molecule has 0 bridgehead atoms. The summed E-state index contributed by atoms with van der Waals surface area (Å²) in [7, 11) is 0. The lowest BCUT2D eigenvalue weighted by Gasteiger charge is -2.25. The summed E-state index contributed by atoms with van der Waals surface area (Å²) in [6, 6.07) is 6.10. The van der Waals surface area contributed by atoms with E-state index in [1.165, 1.54) is 6.33 Å². The van der Waals surface area contributed by atoms with E-state index in [0.29, 0.717) is 6.54 Å². The minimum Gasteiger partial charge on any atom is -0.443 e. The molecule has 0 atom stereocenters. The Morgan fingerprint density at radius 1 is 1.18 bits per heavy atom. The molecule has 2 aromatic rings. The maximum Gasteiger partial charge on any atom is 0.414 e. The molecule has 1 amide bonds. The Morgan fingerprint density at radius 3 is 2.59 bits per heavy atom. The van der Waals surface area contributed by atoms with Gasteiger partial charge in [-0.15, -0.1) is 0 Å². The molecule has 0 saturated carbocycles. The molecular weight excluding hydrogens is 278 g/mol. The fourth-order valence-electron chi connectivity index (χ4n) is 2.51. The molecule has 114 valence electrons. The van der Waals surface area contributed by atoms with Crippen LogP contribution in [0.1, 0.15) is 26.3 Å². The summed E-state index contributed by atoms with van der Waals surface area (Å²) >= 11 is 0. The van der Waals surface area contributed by atoms with Gasteiger partial charge in [0.1, 0.15) is 11.9 Å². The third kappa shape index (κ3) is 2.93. The molecule has 0 N–H and O–H groups in total. The van der Waals surface area contributed by atoms with Gasteiger partial charge in [0.2, 0.25) is 0 Å². The topological polar surface area (TPSA) is 55.3 Å². The van der Waals surface area contributed by atoms with Crippen LogP contribution in [0.4, 0.5) is 10.5 Å². The Balaban J connectivity index is 1.91. The van der Waals surface area contributed by atoms with Crippen LogP contribution in [0.15, 0.2) is 36.9 Å². The fourth-order valence-corrected chi connectivity index (χ4v) is 2.51. The number of hydrogen-bond acceptors (Lipinski definition) is 4. The van der Waals surface area contributed by atoms with Gasteiger partial charge in [0.05, 0.1) is 5.69 Å². The van der Waals surface area contributed by atoms with E-state index in [4.69, 9.17) is 4.74 Å². The molecule has 1 aromatic heterocycles. The van der Waals surface area contributed by atoms with Gasteiger partial charge in [0.15, 0.2) is 0 Å². The van der Waals surface area contributed by atoms with Gasteiger partial charge < -0.3 is 4.74 Å². The van der Waals surface area contributed by atoms with Crippen molar-refractivity contribution in [1.29, 1.82) is 0 Å². The molecule has 0 fully saturated rings. The number of benzene rings is 1. The summed E-state index contributed by atoms with van der Waals surface area (Å²) in [6.45, 7) is 6.28. The highest BCUT2D eigenvalue weighted by atomic mass is 16.6. The minimum absolute atomic E-state index is 0.298. The number of fused-ring (bicyclic) bond motifs is 1. The average molecular weight is 297 g/mol. The Labute approximate surface area is 130 Å². The fraction of sp³-hybridized carbons (Fsp3) is 0.353. The zero-order chi connectivity index (χ0) is 15.7. The van der Waals surface area contributed by atoms with Crippen LogP contribution >= 0.6 is 0 Å². The molecule has 3 rings (SSSR count). The van der Waals surface area contributed by atoms with Crippen LogP contribution in [0.5, 0.6) is 0 Å². The summed E-state index contributed by atoms with van der Waals surface area (Å²) in [6.07, 6.45) is 5.58. The van der Waals surface area contributed by atoms with E-state index in [1.807, 2.05) is 32.9 Å². The predicted octanol–water partition coefficient (Wildman–Crippen LogP) is 3.44. The van der Waals surface area contributed by atoms with Crippen LogP contribution < -0.4 is 4.90 Å². The number of aromatic nitrogens is 2. The van der Waals surface area contributed by atoms with Gasteiger partial charge >= 0.3 is 6.09 Å². The number of rotatable bonds is 1. The lowest BCUT2D eigenvalue weighted by Crippen LogP contribution is -2.35. The van der Waals surface area contributed by atoms with Crippen molar-refractivity contribution in [3.05, 3.63) is 42.5 Å². The van der Waals surface area contributed by atoms with Gasteiger partial charge in [-0.1, -0.05) is 12.1 Å². The van der Waals surface area contributed by atoms with E-state index in [0.717, 1.165) is 28.8 Å². The van der Waals surface area contributed by atoms with E-state index in [-0.39, 0.29) is 6.09 Å². The summed E-state index contributed by atoms with van der Waals surface area (Å²) in [4.78, 5) is 22.1. The van der Waals surface area contributed by atoms with Crippen LogP contribution in [0.25, 0.3) is 11.1 Å². The van der Waals surface area contributed by atoms with Gasteiger partial charge in [-0.05, 0) is 44.4 Å². The van der Waals surface area contributed by atoms with Crippen molar-refractivity contribution in [1.82, 2.24) is 9.97 Å². The van der Waals surface area contributed by atoms with Crippen molar-refractivity contribution in [2.75, 3.05) is 11.4 Å². The summed E-state index contributed by atoms with van der Waals surface area (Å²) < 4.78 is 5.49. The quantitative estimate of drug-likeness (QED) is 0.809. The number of amides is 1. The van der Waals surface area contributed by atoms with Crippen molar-refractivity contribution in [2.24, 2.45) is 0 Å². The number of carbonyl (C=O) groups is 1. The predicted molar refractivity (Wildman–Crippen MR) is 84.8 cm³/mol. The number of hydrogen-bond donors (Lipinski definition) is 0. The van der Waals surface area contributed by atoms with Crippen LogP contribution in [0, 0.1) is 0 Å². The minimum atomic E-state index is -0.495. The number of carbonyl (C=O) groups excluding carboxylic acids is 1. The third-order valence-corrected chi connectivity index (χ3v) is 3.49. The second-order valence-electron chi connectivity index (χ2n) is 6.35. The molecule has 5 nitrogen and oxygen atoms in total. The summed E-state index contributed by atoms with van der Waals surface area (Å²) in [5, 5.41) is 0. The first-order valence-electron chi connectivity index (χ1n) is 7.33. The molecule has 0 saturated heterocycles. The Hall–Kier alpha value is -2.43. The van der Waals surface area contributed by atoms with E-state index in [1.54, 1.807) is 17.3 Å². The van der Waals surface area contributed by atoms with Crippen molar-refractivity contribution in [2.45, 2.75) is 32.8 Å². The van der Waals surface area contributed by atoms with E-state index in [2.05, 4.69) is 16.0 Å². The highest BCUT2D eigenvalue weighted by molar-refractivity contribution is 5.91. The molecular formula is C17H19N3O2. The first-order valence-corrected chi connectivity index (χ1v) is 7.33. The van der Waals surface area contributed by atoms with E-state index < -0.39 is 5.60 Å². The van der Waals surface area contributed by atoms with Crippen molar-refractivity contribution in [3.8, 4) is 11.1 Å². The van der Waals surface area contributed by atoms with Gasteiger partial charge in [-0.25, -0.2) is 14.8 Å². The zero-order valence-corrected chi connectivity index (χ0v) is 13.0. The third-order valence-electron chi connectivity index (χ3n) is 3.49. The van der Waals surface area contributed by atoms with Crippen LogP contribution in [0.2, 0.25) is 0 Å². The maximum absolute atomic E-state index is 12.4. The maximum atomic E-state index is 12.4. The lowest BCUT2D eigenvalue weighted by atomic mass is 10.0. The largest absolute Gasteiger partial charge is 0.443 e. The first kappa shape index (κ1) is 14.5. The van der Waals surface area contributed by atoms with Gasteiger partial charge in [0, 0.05) is 24.5 Å². The smallest absolute Gasteiger partial charge is 0.414 e. The number of anilines is 1. The molecule has 2 heterocycles. The number of ether oxygens (including phenoxy) is 1. The highest BCUT2D eigenvalue weighted by Crippen LogP contribution is 2.33. The first-order chi connectivity index (χ1) is 10.4. The molecule has 1 aliphatic rings. The Morgan fingerprint density at radius 2 is 1.91 bits per heavy atom. The lowest BCUT2D eigenvalue weighted by molar-refractivity contribution is 0.0584. The molecule has 22 heavy (non-hydrogen) atoms. The monoisotopic (exact) mass is 297 g/mol. The molecule has 0 radical (unpaired) electrons. The Kier molecular flexibility index (Phi) is 3.56. The molecule has 1 aromatic carbocycles. The zero-order valence-electron chi connectivity index (χ0n) is 13.0. The summed E-state index contributed by atoms with van der Waals surface area (Å²) in [5.74, 6) is 0. The average Bonchev–Trinajstić information content (AvgIpc) is 2.89. The molecule has 1 aliphatic heterocycles.